The third-order valence-corrected chi connectivity index (χ3v) is 4.14. The molecule has 0 heterocycles. The number of anilines is 1. The summed E-state index contributed by atoms with van der Waals surface area (Å²) in [5.74, 6) is -1.19. The molecular weight excluding hydrogens is 427 g/mol. The van der Waals surface area contributed by atoms with Gasteiger partial charge in [0, 0.05) is 5.69 Å². The SMILES string of the molecule is CC(C)CC(NC(=O)Nc1ccc(C(F)(F)F)cc1)C(=O)NC(C)(C)C(=O)OC(C)(C)C. The van der Waals surface area contributed by atoms with Crippen LogP contribution in [0.25, 0.3) is 0 Å². The summed E-state index contributed by atoms with van der Waals surface area (Å²) >= 11 is 0. The number of amides is 3. The number of esters is 1. The minimum absolute atomic E-state index is 0.0294. The second kappa shape index (κ2) is 10.2. The van der Waals surface area contributed by atoms with E-state index < -0.39 is 46.8 Å². The van der Waals surface area contributed by atoms with Crippen LogP contribution in [0.4, 0.5) is 23.7 Å². The number of carbonyl (C=O) groups excluding carboxylic acids is 3. The van der Waals surface area contributed by atoms with Crippen molar-refractivity contribution in [3.8, 4) is 0 Å². The van der Waals surface area contributed by atoms with Gasteiger partial charge in [-0.2, -0.15) is 13.2 Å². The fraction of sp³-hybridized carbons (Fsp3) is 0.591. The minimum Gasteiger partial charge on any atom is -0.458 e. The third-order valence-electron chi connectivity index (χ3n) is 4.14. The number of alkyl halides is 3. The highest BCUT2D eigenvalue weighted by atomic mass is 19.4. The van der Waals surface area contributed by atoms with E-state index in [0.29, 0.717) is 0 Å². The summed E-state index contributed by atoms with van der Waals surface area (Å²) < 4.78 is 43.3. The van der Waals surface area contributed by atoms with E-state index in [1.54, 1.807) is 20.8 Å². The highest BCUT2D eigenvalue weighted by molar-refractivity contribution is 5.95. The average molecular weight is 460 g/mol. The Morgan fingerprint density at radius 1 is 0.969 bits per heavy atom. The van der Waals surface area contributed by atoms with E-state index in [1.165, 1.54) is 13.8 Å². The highest BCUT2D eigenvalue weighted by Crippen LogP contribution is 2.29. The maximum absolute atomic E-state index is 12.8. The van der Waals surface area contributed by atoms with Crippen molar-refractivity contribution in [1.29, 1.82) is 0 Å². The van der Waals surface area contributed by atoms with Crippen LogP contribution in [0.3, 0.4) is 0 Å². The molecule has 0 fully saturated rings. The Hall–Kier alpha value is -2.78. The van der Waals surface area contributed by atoms with Crippen molar-refractivity contribution in [3.63, 3.8) is 0 Å². The number of hydrogen-bond donors (Lipinski definition) is 3. The topological polar surface area (TPSA) is 96.5 Å². The molecule has 1 aromatic carbocycles. The first-order chi connectivity index (χ1) is 14.4. The number of benzene rings is 1. The standard InChI is InChI=1S/C22H32F3N3O4/c1-13(2)12-16(17(29)28-21(6,7)18(30)32-20(3,4)5)27-19(31)26-15-10-8-14(9-11-15)22(23,24)25/h8-11,13,16H,12H2,1-7H3,(H,28,29)(H2,26,27,31). The van der Waals surface area contributed by atoms with Crippen LogP contribution >= 0.6 is 0 Å². The maximum atomic E-state index is 12.8. The van der Waals surface area contributed by atoms with Gasteiger partial charge in [-0.1, -0.05) is 13.8 Å². The molecule has 3 N–H and O–H groups in total. The lowest BCUT2D eigenvalue weighted by atomic mass is 10.00. The molecule has 32 heavy (non-hydrogen) atoms. The third kappa shape index (κ3) is 9.15. The summed E-state index contributed by atoms with van der Waals surface area (Å²) in [5.41, 5.74) is -2.79. The first kappa shape index (κ1) is 27.3. The Labute approximate surface area is 186 Å². The second-order valence-corrected chi connectivity index (χ2v) is 9.47. The van der Waals surface area contributed by atoms with E-state index in [0.717, 1.165) is 24.3 Å². The van der Waals surface area contributed by atoms with Crippen LogP contribution in [-0.4, -0.2) is 35.1 Å². The number of halogens is 3. The van der Waals surface area contributed by atoms with Crippen molar-refractivity contribution < 1.29 is 32.3 Å². The molecule has 1 aromatic rings. The molecule has 0 aliphatic carbocycles. The van der Waals surface area contributed by atoms with Gasteiger partial charge >= 0.3 is 18.2 Å². The molecule has 0 bridgehead atoms. The number of carbonyl (C=O) groups is 3. The van der Waals surface area contributed by atoms with E-state index in [2.05, 4.69) is 16.0 Å². The van der Waals surface area contributed by atoms with Gasteiger partial charge in [-0.05, 0) is 71.2 Å². The van der Waals surface area contributed by atoms with Crippen LogP contribution in [0.1, 0.15) is 60.5 Å². The molecule has 1 rings (SSSR count). The Kier molecular flexibility index (Phi) is 8.71. The summed E-state index contributed by atoms with van der Waals surface area (Å²) in [4.78, 5) is 37.6. The number of rotatable bonds is 7. The van der Waals surface area contributed by atoms with Crippen molar-refractivity contribution in [1.82, 2.24) is 10.6 Å². The predicted octanol–water partition coefficient (Wildman–Crippen LogP) is 4.48. The fourth-order valence-corrected chi connectivity index (χ4v) is 2.62. The number of hydrogen-bond acceptors (Lipinski definition) is 4. The monoisotopic (exact) mass is 459 g/mol. The Morgan fingerprint density at radius 3 is 1.94 bits per heavy atom. The lowest BCUT2D eigenvalue weighted by Gasteiger charge is -2.31. The van der Waals surface area contributed by atoms with Crippen molar-refractivity contribution in [2.24, 2.45) is 5.92 Å². The summed E-state index contributed by atoms with van der Waals surface area (Å²) in [7, 11) is 0. The van der Waals surface area contributed by atoms with E-state index in [-0.39, 0.29) is 18.0 Å². The predicted molar refractivity (Wildman–Crippen MR) is 115 cm³/mol. The zero-order valence-electron chi connectivity index (χ0n) is 19.4. The van der Waals surface area contributed by atoms with Crippen LogP contribution in [-0.2, 0) is 20.5 Å². The van der Waals surface area contributed by atoms with Crippen LogP contribution in [0.15, 0.2) is 24.3 Å². The first-order valence-electron chi connectivity index (χ1n) is 10.2. The molecule has 0 saturated heterocycles. The molecular formula is C22H32F3N3O4. The molecule has 3 amide bonds. The molecule has 10 heteroatoms. The van der Waals surface area contributed by atoms with Crippen molar-refractivity contribution in [3.05, 3.63) is 29.8 Å². The molecule has 180 valence electrons. The Morgan fingerprint density at radius 2 is 1.50 bits per heavy atom. The van der Waals surface area contributed by atoms with E-state index >= 15 is 0 Å². The summed E-state index contributed by atoms with van der Waals surface area (Å²) in [6.45, 7) is 11.8. The zero-order valence-corrected chi connectivity index (χ0v) is 19.4. The molecule has 0 spiro atoms. The molecule has 0 aliphatic heterocycles. The van der Waals surface area contributed by atoms with Gasteiger partial charge in [-0.25, -0.2) is 9.59 Å². The number of ether oxygens (including phenoxy) is 1. The number of nitrogens with one attached hydrogen (secondary N) is 3. The largest absolute Gasteiger partial charge is 0.458 e. The number of urea groups is 1. The van der Waals surface area contributed by atoms with Gasteiger partial charge in [-0.15, -0.1) is 0 Å². The summed E-state index contributed by atoms with van der Waals surface area (Å²) in [6, 6.07) is 2.18. The normalized spacial score (nSPS) is 13.3. The molecule has 0 saturated carbocycles. The van der Waals surface area contributed by atoms with Crippen molar-refractivity contribution >= 4 is 23.6 Å². The maximum Gasteiger partial charge on any atom is 0.416 e. The molecule has 1 atom stereocenters. The van der Waals surface area contributed by atoms with Crippen molar-refractivity contribution in [2.75, 3.05) is 5.32 Å². The minimum atomic E-state index is -4.48. The van der Waals surface area contributed by atoms with Gasteiger partial charge < -0.3 is 20.7 Å². The first-order valence-corrected chi connectivity index (χ1v) is 10.2. The molecule has 7 nitrogen and oxygen atoms in total. The van der Waals surface area contributed by atoms with Gasteiger partial charge in [-0.3, -0.25) is 4.79 Å². The summed E-state index contributed by atoms with van der Waals surface area (Å²) in [5, 5.41) is 7.52. The molecule has 1 unspecified atom stereocenters. The Balaban J connectivity index is 2.86. The molecule has 0 aliphatic rings. The molecule has 0 radical (unpaired) electrons. The van der Waals surface area contributed by atoms with E-state index in [1.807, 2.05) is 13.8 Å². The Bertz CT molecular complexity index is 813. The van der Waals surface area contributed by atoms with Gasteiger partial charge in [0.25, 0.3) is 0 Å². The van der Waals surface area contributed by atoms with Crippen LogP contribution < -0.4 is 16.0 Å². The van der Waals surface area contributed by atoms with Gasteiger partial charge in [0.2, 0.25) is 5.91 Å². The van der Waals surface area contributed by atoms with Crippen LogP contribution in [0, 0.1) is 5.92 Å². The van der Waals surface area contributed by atoms with Crippen LogP contribution in [0.5, 0.6) is 0 Å². The lowest BCUT2D eigenvalue weighted by Crippen LogP contribution is -2.58. The smallest absolute Gasteiger partial charge is 0.416 e. The van der Waals surface area contributed by atoms with Gasteiger partial charge in [0.1, 0.15) is 17.2 Å². The summed E-state index contributed by atoms with van der Waals surface area (Å²) in [6.07, 6.45) is -4.21. The zero-order chi connectivity index (χ0) is 24.9. The van der Waals surface area contributed by atoms with Crippen molar-refractivity contribution in [2.45, 2.75) is 78.2 Å². The molecule has 0 aromatic heterocycles. The van der Waals surface area contributed by atoms with Crippen LogP contribution in [0.2, 0.25) is 0 Å². The van der Waals surface area contributed by atoms with E-state index in [4.69, 9.17) is 4.74 Å². The van der Waals surface area contributed by atoms with Gasteiger partial charge in [0.15, 0.2) is 0 Å². The second-order valence-electron chi connectivity index (χ2n) is 9.47. The average Bonchev–Trinajstić information content (AvgIpc) is 2.58. The highest BCUT2D eigenvalue weighted by Gasteiger charge is 2.36. The quantitative estimate of drug-likeness (QED) is 0.524. The van der Waals surface area contributed by atoms with Gasteiger partial charge in [0.05, 0.1) is 5.56 Å². The fourth-order valence-electron chi connectivity index (χ4n) is 2.62. The lowest BCUT2D eigenvalue weighted by molar-refractivity contribution is -0.163. The van der Waals surface area contributed by atoms with E-state index in [9.17, 15) is 27.6 Å².